The van der Waals surface area contributed by atoms with Crippen molar-refractivity contribution in [1.29, 1.82) is 0 Å². The van der Waals surface area contributed by atoms with Crippen LogP contribution < -0.4 is 16.0 Å². The quantitative estimate of drug-likeness (QED) is 0.222. The number of rotatable bonds is 9. The lowest BCUT2D eigenvalue weighted by atomic mass is 10.2. The summed E-state index contributed by atoms with van der Waals surface area (Å²) < 4.78 is 4.93. The van der Waals surface area contributed by atoms with E-state index in [4.69, 9.17) is 4.52 Å². The molecule has 0 spiro atoms. The Bertz CT molecular complexity index is 1400. The van der Waals surface area contributed by atoms with Gasteiger partial charge in [-0.2, -0.15) is 0 Å². The molecule has 0 fully saturated rings. The number of pyridine rings is 1. The highest BCUT2D eigenvalue weighted by atomic mass is 32.2. The zero-order valence-corrected chi connectivity index (χ0v) is 20.6. The maximum atomic E-state index is 13.1. The van der Waals surface area contributed by atoms with Crippen LogP contribution >= 0.6 is 11.8 Å². The fourth-order valence-corrected chi connectivity index (χ4v) is 3.85. The van der Waals surface area contributed by atoms with Crippen LogP contribution in [0.5, 0.6) is 0 Å². The van der Waals surface area contributed by atoms with Gasteiger partial charge >= 0.3 is 0 Å². The summed E-state index contributed by atoms with van der Waals surface area (Å²) in [4.78, 5) is 42.8. The molecule has 2 aromatic carbocycles. The molecule has 0 aliphatic carbocycles. The van der Waals surface area contributed by atoms with Gasteiger partial charge in [0.2, 0.25) is 5.91 Å². The molecule has 0 aliphatic heterocycles. The lowest BCUT2D eigenvalue weighted by molar-refractivity contribution is -0.114. The second-order valence-corrected chi connectivity index (χ2v) is 8.85. The molecule has 186 valence electrons. The van der Waals surface area contributed by atoms with Crippen molar-refractivity contribution in [2.24, 2.45) is 0 Å². The number of aromatic nitrogens is 2. The summed E-state index contributed by atoms with van der Waals surface area (Å²) in [6.07, 6.45) is 4.77. The van der Waals surface area contributed by atoms with Gasteiger partial charge in [0.25, 0.3) is 11.8 Å². The fourth-order valence-electron chi connectivity index (χ4n) is 3.16. The molecule has 0 aliphatic rings. The lowest BCUT2D eigenvalue weighted by Gasteiger charge is -2.12. The number of hydrogen-bond acceptors (Lipinski definition) is 7. The van der Waals surface area contributed by atoms with Crippen LogP contribution in [0.15, 0.2) is 100 Å². The Kier molecular flexibility index (Phi) is 8.45. The molecule has 0 saturated carbocycles. The Morgan fingerprint density at radius 3 is 2.43 bits per heavy atom. The van der Waals surface area contributed by atoms with Crippen LogP contribution in [-0.2, 0) is 9.59 Å². The van der Waals surface area contributed by atoms with Crippen LogP contribution in [0.3, 0.4) is 0 Å². The minimum atomic E-state index is -0.490. The molecule has 0 radical (unpaired) electrons. The highest BCUT2D eigenvalue weighted by Crippen LogP contribution is 2.21. The molecule has 2 heterocycles. The number of carbonyl (C=O) groups excluding carboxylic acids is 3. The van der Waals surface area contributed by atoms with Crippen molar-refractivity contribution in [3.63, 3.8) is 0 Å². The van der Waals surface area contributed by atoms with Crippen molar-refractivity contribution >= 4 is 47.1 Å². The highest BCUT2D eigenvalue weighted by molar-refractivity contribution is 8.00. The number of carbonyl (C=O) groups is 3. The van der Waals surface area contributed by atoms with Crippen LogP contribution in [0.4, 0.5) is 11.5 Å². The topological polar surface area (TPSA) is 126 Å². The molecule has 0 atom stereocenters. The molecule has 0 bridgehead atoms. The van der Waals surface area contributed by atoms with E-state index in [1.807, 2.05) is 6.07 Å². The van der Waals surface area contributed by atoms with Crippen molar-refractivity contribution < 1.29 is 18.9 Å². The molecule has 4 rings (SSSR count). The largest absolute Gasteiger partial charge is 0.360 e. The predicted octanol–water partition coefficient (Wildman–Crippen LogP) is 4.52. The Morgan fingerprint density at radius 2 is 1.76 bits per heavy atom. The average Bonchev–Trinajstić information content (AvgIpc) is 3.33. The number of amides is 3. The average molecular weight is 514 g/mol. The second-order valence-electron chi connectivity index (χ2n) is 7.80. The van der Waals surface area contributed by atoms with Crippen LogP contribution in [0.1, 0.15) is 21.7 Å². The van der Waals surface area contributed by atoms with Gasteiger partial charge in [-0.05, 0) is 61.0 Å². The van der Waals surface area contributed by atoms with Gasteiger partial charge in [-0.15, -0.1) is 11.8 Å². The van der Waals surface area contributed by atoms with Crippen molar-refractivity contribution in [3.8, 4) is 0 Å². The maximum absolute atomic E-state index is 13.1. The Labute approximate surface area is 217 Å². The lowest BCUT2D eigenvalue weighted by Crippen LogP contribution is -2.30. The summed E-state index contributed by atoms with van der Waals surface area (Å²) in [6, 6.07) is 20.8. The molecule has 3 amide bonds. The molecule has 3 N–H and O–H groups in total. The van der Waals surface area contributed by atoms with Gasteiger partial charge in [0.15, 0.2) is 5.82 Å². The van der Waals surface area contributed by atoms with Gasteiger partial charge in [-0.1, -0.05) is 29.4 Å². The number of thioether (sulfide) groups is 1. The molecular weight excluding hydrogens is 490 g/mol. The van der Waals surface area contributed by atoms with E-state index in [9.17, 15) is 14.4 Å². The normalized spacial score (nSPS) is 11.0. The first kappa shape index (κ1) is 25.4. The maximum Gasteiger partial charge on any atom is 0.272 e. The van der Waals surface area contributed by atoms with Gasteiger partial charge in [0.1, 0.15) is 11.5 Å². The number of hydrogen-bond donors (Lipinski definition) is 3. The third-order valence-electron chi connectivity index (χ3n) is 4.90. The molecule has 0 saturated heterocycles. The van der Waals surface area contributed by atoms with E-state index < -0.39 is 11.8 Å². The molecule has 2 aromatic heterocycles. The summed E-state index contributed by atoms with van der Waals surface area (Å²) >= 11 is 1.34. The van der Waals surface area contributed by atoms with Gasteiger partial charge in [-0.3, -0.25) is 19.4 Å². The van der Waals surface area contributed by atoms with Crippen LogP contribution in [0, 0.1) is 6.92 Å². The number of anilines is 2. The van der Waals surface area contributed by atoms with E-state index in [-0.39, 0.29) is 17.4 Å². The third kappa shape index (κ3) is 7.64. The Balaban J connectivity index is 1.39. The minimum Gasteiger partial charge on any atom is -0.360 e. The standard InChI is InChI=1S/C27H23N5O4S/c1-18-14-24(32-36-18)31-25(33)17-37-22-11-9-21(10-12-22)29-27(35)23(15-19-6-5-13-28-16-19)30-26(34)20-7-3-2-4-8-20/h2-16H,17H2,1H3,(H,29,35)(H,30,34)(H,31,32,33)/b23-15-. The van der Waals surface area contributed by atoms with Crippen molar-refractivity contribution in [2.45, 2.75) is 11.8 Å². The van der Waals surface area contributed by atoms with E-state index in [0.29, 0.717) is 28.4 Å². The molecule has 0 unspecified atom stereocenters. The summed E-state index contributed by atoms with van der Waals surface area (Å²) in [5, 5.41) is 11.9. The first-order chi connectivity index (χ1) is 18.0. The minimum absolute atomic E-state index is 0.0695. The summed E-state index contributed by atoms with van der Waals surface area (Å²) in [7, 11) is 0. The summed E-state index contributed by atoms with van der Waals surface area (Å²) in [5.41, 5.74) is 1.69. The van der Waals surface area contributed by atoms with Crippen LogP contribution in [0.25, 0.3) is 6.08 Å². The van der Waals surface area contributed by atoms with E-state index in [2.05, 4.69) is 26.1 Å². The summed E-state index contributed by atoms with van der Waals surface area (Å²) in [5.74, 6) is 0.0538. The van der Waals surface area contributed by atoms with Crippen molar-refractivity contribution in [1.82, 2.24) is 15.5 Å². The number of benzene rings is 2. The van der Waals surface area contributed by atoms with Gasteiger partial charge in [-0.25, -0.2) is 0 Å². The highest BCUT2D eigenvalue weighted by Gasteiger charge is 2.15. The van der Waals surface area contributed by atoms with E-state index >= 15 is 0 Å². The van der Waals surface area contributed by atoms with E-state index in [0.717, 1.165) is 4.90 Å². The monoisotopic (exact) mass is 513 g/mol. The molecular formula is C27H23N5O4S. The van der Waals surface area contributed by atoms with Crippen LogP contribution in [-0.4, -0.2) is 33.6 Å². The van der Waals surface area contributed by atoms with Gasteiger partial charge in [0.05, 0.1) is 5.75 Å². The third-order valence-corrected chi connectivity index (χ3v) is 5.91. The van der Waals surface area contributed by atoms with Gasteiger partial charge < -0.3 is 20.5 Å². The zero-order chi connectivity index (χ0) is 26.0. The fraction of sp³-hybridized carbons (Fsp3) is 0.0741. The summed E-state index contributed by atoms with van der Waals surface area (Å²) in [6.45, 7) is 1.74. The SMILES string of the molecule is Cc1cc(NC(=O)CSc2ccc(NC(=O)/C(=C/c3cccnc3)NC(=O)c3ccccc3)cc2)no1. The van der Waals surface area contributed by atoms with E-state index in [1.165, 1.54) is 11.8 Å². The van der Waals surface area contributed by atoms with Crippen molar-refractivity contribution in [3.05, 3.63) is 108 Å². The van der Waals surface area contributed by atoms with Gasteiger partial charge in [0, 0.05) is 34.6 Å². The first-order valence-electron chi connectivity index (χ1n) is 11.2. The van der Waals surface area contributed by atoms with Crippen molar-refractivity contribution in [2.75, 3.05) is 16.4 Å². The van der Waals surface area contributed by atoms with Crippen LogP contribution in [0.2, 0.25) is 0 Å². The molecule has 4 aromatic rings. The molecule has 10 heteroatoms. The Hall–Kier alpha value is -4.70. The molecule has 9 nitrogen and oxygen atoms in total. The molecule has 37 heavy (non-hydrogen) atoms. The number of aryl methyl sites for hydroxylation is 1. The number of nitrogens with zero attached hydrogens (tertiary/aromatic N) is 2. The number of nitrogens with one attached hydrogen (secondary N) is 3. The first-order valence-corrected chi connectivity index (χ1v) is 12.2. The second kappa shape index (κ2) is 12.3. The predicted molar refractivity (Wildman–Crippen MR) is 142 cm³/mol. The Morgan fingerprint density at radius 1 is 0.973 bits per heavy atom. The smallest absolute Gasteiger partial charge is 0.272 e. The zero-order valence-electron chi connectivity index (χ0n) is 19.8. The van der Waals surface area contributed by atoms with E-state index in [1.54, 1.807) is 92.1 Å².